The van der Waals surface area contributed by atoms with Gasteiger partial charge in [-0.05, 0) is 58.3 Å². The van der Waals surface area contributed by atoms with Crippen LogP contribution < -0.4 is 14.4 Å². The van der Waals surface area contributed by atoms with Gasteiger partial charge in [0.2, 0.25) is 5.91 Å². The normalized spacial score (nSPS) is 11.3. The van der Waals surface area contributed by atoms with Gasteiger partial charge in [-0.2, -0.15) is 0 Å². The number of rotatable bonds is 10. The van der Waals surface area contributed by atoms with E-state index in [0.29, 0.717) is 18.0 Å². The molecule has 8 heteroatoms. The quantitative estimate of drug-likeness (QED) is 0.598. The molecule has 2 rings (SSSR count). The molecule has 0 fully saturated rings. The van der Waals surface area contributed by atoms with Gasteiger partial charge < -0.3 is 15.0 Å². The van der Waals surface area contributed by atoms with Gasteiger partial charge in [-0.15, -0.1) is 0 Å². The monoisotopic (exact) mass is 419 g/mol. The van der Waals surface area contributed by atoms with Crippen molar-refractivity contribution in [3.05, 3.63) is 54.1 Å². The lowest BCUT2D eigenvalue weighted by atomic mass is 10.2. The van der Waals surface area contributed by atoms with Crippen LogP contribution in [-0.2, 0) is 14.8 Å². The Morgan fingerprint density at radius 1 is 1.10 bits per heavy atom. The number of carbonyl (C=O) groups is 1. The number of benzene rings is 2. The second kappa shape index (κ2) is 10.3. The number of hydrogen-bond donors (Lipinski definition) is 1. The van der Waals surface area contributed by atoms with Gasteiger partial charge in [-0.1, -0.05) is 23.8 Å². The molecule has 0 saturated carbocycles. The van der Waals surface area contributed by atoms with Crippen LogP contribution >= 0.6 is 0 Å². The summed E-state index contributed by atoms with van der Waals surface area (Å²) in [4.78, 5) is 14.7. The van der Waals surface area contributed by atoms with Crippen molar-refractivity contribution in [2.24, 2.45) is 0 Å². The zero-order chi connectivity index (χ0) is 21.4. The molecule has 0 unspecified atom stereocenters. The second-order valence-electron chi connectivity index (χ2n) is 7.03. The largest absolute Gasteiger partial charge is 0.497 e. The molecule has 2 aromatic rings. The summed E-state index contributed by atoms with van der Waals surface area (Å²) in [5.41, 5.74) is 1.32. The standard InChI is InChI=1S/C21H29N3O4S/c1-17-9-11-20(12-10-17)29(26,27)24(18-7-5-8-19(15-18)28-4)16-21(25)22-13-6-14-23(2)3/h5,7-12,15H,6,13-14,16H2,1-4H3,(H,22,25). The van der Waals surface area contributed by atoms with Gasteiger partial charge >= 0.3 is 0 Å². The summed E-state index contributed by atoms with van der Waals surface area (Å²) in [6.45, 7) is 2.89. The van der Waals surface area contributed by atoms with E-state index in [0.717, 1.165) is 22.8 Å². The fourth-order valence-corrected chi connectivity index (χ4v) is 4.14. The van der Waals surface area contributed by atoms with E-state index >= 15 is 0 Å². The molecule has 0 aliphatic rings. The molecule has 7 nitrogen and oxygen atoms in total. The van der Waals surface area contributed by atoms with Crippen LogP contribution in [0.3, 0.4) is 0 Å². The van der Waals surface area contributed by atoms with Gasteiger partial charge in [0.15, 0.2) is 0 Å². The first kappa shape index (κ1) is 22.7. The van der Waals surface area contributed by atoms with Crippen molar-refractivity contribution in [2.75, 3.05) is 45.1 Å². The summed E-state index contributed by atoms with van der Waals surface area (Å²) in [5, 5.41) is 2.80. The van der Waals surface area contributed by atoms with Crippen molar-refractivity contribution in [3.63, 3.8) is 0 Å². The maximum absolute atomic E-state index is 13.3. The van der Waals surface area contributed by atoms with Gasteiger partial charge in [0.25, 0.3) is 10.0 Å². The highest BCUT2D eigenvalue weighted by molar-refractivity contribution is 7.92. The SMILES string of the molecule is COc1cccc(N(CC(=O)NCCCN(C)C)S(=O)(=O)c2ccc(C)cc2)c1. The molecular formula is C21H29N3O4S. The third kappa shape index (κ3) is 6.47. The van der Waals surface area contributed by atoms with Crippen LogP contribution in [0.25, 0.3) is 0 Å². The number of methoxy groups -OCH3 is 1. The van der Waals surface area contributed by atoms with Crippen molar-refractivity contribution in [2.45, 2.75) is 18.2 Å². The first-order valence-electron chi connectivity index (χ1n) is 9.39. The van der Waals surface area contributed by atoms with Crippen LogP contribution in [0.1, 0.15) is 12.0 Å². The minimum absolute atomic E-state index is 0.131. The predicted octanol–water partition coefficient (Wildman–Crippen LogP) is 2.27. The van der Waals surface area contributed by atoms with Crippen molar-refractivity contribution in [3.8, 4) is 5.75 Å². The first-order valence-corrected chi connectivity index (χ1v) is 10.8. The molecule has 29 heavy (non-hydrogen) atoms. The first-order chi connectivity index (χ1) is 13.7. The molecule has 1 amide bonds. The minimum atomic E-state index is -3.93. The Balaban J connectivity index is 2.28. The zero-order valence-corrected chi connectivity index (χ0v) is 18.2. The summed E-state index contributed by atoms with van der Waals surface area (Å²) in [6, 6.07) is 13.2. The number of aryl methyl sites for hydroxylation is 1. The number of nitrogens with zero attached hydrogens (tertiary/aromatic N) is 2. The number of anilines is 1. The van der Waals surface area contributed by atoms with Gasteiger partial charge in [-0.3, -0.25) is 9.10 Å². The molecule has 0 aliphatic carbocycles. The molecule has 0 radical (unpaired) electrons. The number of nitrogens with one attached hydrogen (secondary N) is 1. The van der Waals surface area contributed by atoms with Gasteiger partial charge in [0.1, 0.15) is 12.3 Å². The highest BCUT2D eigenvalue weighted by Crippen LogP contribution is 2.27. The van der Waals surface area contributed by atoms with E-state index in [1.54, 1.807) is 48.5 Å². The molecule has 1 N–H and O–H groups in total. The molecule has 0 aliphatic heterocycles. The van der Waals surface area contributed by atoms with E-state index in [1.807, 2.05) is 25.9 Å². The molecule has 0 spiro atoms. The summed E-state index contributed by atoms with van der Waals surface area (Å²) >= 11 is 0. The lowest BCUT2D eigenvalue weighted by Crippen LogP contribution is -2.41. The highest BCUT2D eigenvalue weighted by atomic mass is 32.2. The maximum Gasteiger partial charge on any atom is 0.264 e. The summed E-state index contributed by atoms with van der Waals surface area (Å²) in [7, 11) is 1.50. The minimum Gasteiger partial charge on any atom is -0.497 e. The summed E-state index contributed by atoms with van der Waals surface area (Å²) in [6.07, 6.45) is 0.780. The van der Waals surface area contributed by atoms with E-state index in [1.165, 1.54) is 7.11 Å². The van der Waals surface area contributed by atoms with Crippen molar-refractivity contribution < 1.29 is 17.9 Å². The Kier molecular flexibility index (Phi) is 8.04. The highest BCUT2D eigenvalue weighted by Gasteiger charge is 2.27. The van der Waals surface area contributed by atoms with Gasteiger partial charge in [0, 0.05) is 12.6 Å². The van der Waals surface area contributed by atoms with Gasteiger partial charge in [-0.25, -0.2) is 8.42 Å². The van der Waals surface area contributed by atoms with Crippen LogP contribution in [0.5, 0.6) is 5.75 Å². The third-order valence-corrected chi connectivity index (χ3v) is 6.13. The molecule has 0 heterocycles. The van der Waals surface area contributed by atoms with Gasteiger partial charge in [0.05, 0.1) is 17.7 Å². The summed E-state index contributed by atoms with van der Waals surface area (Å²) < 4.78 is 32.9. The second-order valence-corrected chi connectivity index (χ2v) is 8.90. The van der Waals surface area contributed by atoms with Crippen molar-refractivity contribution >= 4 is 21.6 Å². The van der Waals surface area contributed by atoms with E-state index < -0.39 is 10.0 Å². The third-order valence-electron chi connectivity index (χ3n) is 4.34. The van der Waals surface area contributed by atoms with E-state index in [-0.39, 0.29) is 17.3 Å². The average Bonchev–Trinajstić information content (AvgIpc) is 2.69. The smallest absolute Gasteiger partial charge is 0.264 e. The topological polar surface area (TPSA) is 79.0 Å². The van der Waals surface area contributed by atoms with E-state index in [4.69, 9.17) is 4.74 Å². The number of ether oxygens (including phenoxy) is 1. The Bertz CT molecular complexity index is 912. The van der Waals surface area contributed by atoms with Crippen molar-refractivity contribution in [1.29, 1.82) is 0 Å². The molecule has 0 saturated heterocycles. The Morgan fingerprint density at radius 3 is 2.41 bits per heavy atom. The van der Waals surface area contributed by atoms with E-state index in [2.05, 4.69) is 5.32 Å². The number of sulfonamides is 1. The fraction of sp³-hybridized carbons (Fsp3) is 0.381. The zero-order valence-electron chi connectivity index (χ0n) is 17.4. The lowest BCUT2D eigenvalue weighted by Gasteiger charge is -2.24. The predicted molar refractivity (Wildman–Crippen MR) is 115 cm³/mol. The van der Waals surface area contributed by atoms with Crippen molar-refractivity contribution in [1.82, 2.24) is 10.2 Å². The van der Waals surface area contributed by atoms with Crippen LogP contribution in [0.4, 0.5) is 5.69 Å². The van der Waals surface area contributed by atoms with Crippen LogP contribution in [0.15, 0.2) is 53.4 Å². The lowest BCUT2D eigenvalue weighted by molar-refractivity contribution is -0.119. The number of amides is 1. The molecule has 0 atom stereocenters. The Labute approximate surface area is 173 Å². The molecular weight excluding hydrogens is 390 g/mol. The number of carbonyl (C=O) groups excluding carboxylic acids is 1. The molecule has 0 bridgehead atoms. The van der Waals surface area contributed by atoms with E-state index in [9.17, 15) is 13.2 Å². The Hall–Kier alpha value is -2.58. The fourth-order valence-electron chi connectivity index (χ4n) is 2.73. The number of hydrogen-bond acceptors (Lipinski definition) is 5. The average molecular weight is 420 g/mol. The molecule has 0 aromatic heterocycles. The van der Waals surface area contributed by atoms with Crippen LogP contribution in [-0.4, -0.2) is 60.1 Å². The Morgan fingerprint density at radius 2 is 1.79 bits per heavy atom. The van der Waals surface area contributed by atoms with Crippen LogP contribution in [0, 0.1) is 6.92 Å². The molecule has 2 aromatic carbocycles. The maximum atomic E-state index is 13.3. The molecule has 158 valence electrons. The summed E-state index contributed by atoms with van der Waals surface area (Å²) in [5.74, 6) is 0.153. The van der Waals surface area contributed by atoms with Crippen LogP contribution in [0.2, 0.25) is 0 Å².